The number of halogens is 1. The van der Waals surface area contributed by atoms with Gasteiger partial charge in [-0.25, -0.2) is 0 Å². The minimum absolute atomic E-state index is 0.149. The first-order chi connectivity index (χ1) is 5.15. The van der Waals surface area contributed by atoms with E-state index in [0.29, 0.717) is 0 Å². The van der Waals surface area contributed by atoms with Crippen LogP contribution in [0, 0.1) is 0 Å². The zero-order valence-corrected chi connectivity index (χ0v) is 8.88. The molecule has 0 aliphatic heterocycles. The number of thiophene rings is 1. The average molecular weight is 233 g/mol. The van der Waals surface area contributed by atoms with E-state index in [1.165, 1.54) is 4.88 Å². The molecule has 1 nitrogen and oxygen atoms in total. The molecule has 11 heavy (non-hydrogen) atoms. The molecular formula is C8H9BrOS. The quantitative estimate of drug-likeness (QED) is 0.716. The van der Waals surface area contributed by atoms with Crippen molar-refractivity contribution in [1.29, 1.82) is 0 Å². The van der Waals surface area contributed by atoms with Gasteiger partial charge in [0.1, 0.15) is 0 Å². The molecule has 1 rings (SSSR count). The predicted molar refractivity (Wildman–Crippen MR) is 51.4 cm³/mol. The van der Waals surface area contributed by atoms with Crippen LogP contribution in [-0.4, -0.2) is 5.78 Å². The Kier molecular flexibility index (Phi) is 2.84. The summed E-state index contributed by atoms with van der Waals surface area (Å²) in [5.41, 5.74) is 0. The predicted octanol–water partition coefficient (Wildman–Crippen LogP) is 3.28. The Labute approximate surface area is 78.6 Å². The highest BCUT2D eigenvalue weighted by Gasteiger charge is 2.07. The van der Waals surface area contributed by atoms with Crippen LogP contribution in [0.2, 0.25) is 0 Å². The Morgan fingerprint density at radius 1 is 1.73 bits per heavy atom. The Bertz CT molecular complexity index is 278. The van der Waals surface area contributed by atoms with Crippen molar-refractivity contribution in [3.63, 3.8) is 0 Å². The summed E-state index contributed by atoms with van der Waals surface area (Å²) in [7, 11) is 0. The van der Waals surface area contributed by atoms with Crippen LogP contribution >= 0.6 is 27.3 Å². The number of hydrogen-bond acceptors (Lipinski definition) is 2. The number of carbonyl (C=O) groups excluding carboxylic acids is 1. The van der Waals surface area contributed by atoms with Gasteiger partial charge in [0.15, 0.2) is 5.78 Å². The molecule has 60 valence electrons. The molecule has 0 spiro atoms. The Morgan fingerprint density at radius 2 is 2.36 bits per heavy atom. The lowest BCUT2D eigenvalue weighted by atomic mass is 10.3. The molecule has 3 heteroatoms. The summed E-state index contributed by atoms with van der Waals surface area (Å²) in [6.45, 7) is 3.68. The molecule has 0 fully saturated rings. The highest BCUT2D eigenvalue weighted by atomic mass is 79.9. The first kappa shape index (κ1) is 8.94. The van der Waals surface area contributed by atoms with Gasteiger partial charge < -0.3 is 0 Å². The lowest BCUT2D eigenvalue weighted by Gasteiger charge is -1.86. The molecule has 0 saturated carbocycles. The molecule has 1 heterocycles. The second-order valence-electron chi connectivity index (χ2n) is 2.29. The van der Waals surface area contributed by atoms with Crippen molar-refractivity contribution >= 4 is 33.0 Å². The zero-order chi connectivity index (χ0) is 8.43. The van der Waals surface area contributed by atoms with Crippen LogP contribution in [0.15, 0.2) is 10.5 Å². The largest absolute Gasteiger partial charge is 0.294 e. The molecule has 0 atom stereocenters. The average Bonchev–Trinajstić information content (AvgIpc) is 2.31. The SMILES string of the molecule is CCc1sc(C(C)=O)cc1Br. The maximum atomic E-state index is 10.9. The number of ketones is 1. The fraction of sp³-hybridized carbons (Fsp3) is 0.375. The third kappa shape index (κ3) is 1.91. The van der Waals surface area contributed by atoms with Crippen LogP contribution in [0.5, 0.6) is 0 Å². The van der Waals surface area contributed by atoms with Gasteiger partial charge in [0.2, 0.25) is 0 Å². The van der Waals surface area contributed by atoms with Gasteiger partial charge in [-0.15, -0.1) is 11.3 Å². The Balaban J connectivity index is 3.05. The summed E-state index contributed by atoms with van der Waals surface area (Å²) >= 11 is 4.97. The molecule has 1 aromatic rings. The summed E-state index contributed by atoms with van der Waals surface area (Å²) < 4.78 is 1.07. The first-order valence-electron chi connectivity index (χ1n) is 3.44. The summed E-state index contributed by atoms with van der Waals surface area (Å²) in [5, 5.41) is 0. The summed E-state index contributed by atoms with van der Waals surface area (Å²) in [5.74, 6) is 0.149. The topological polar surface area (TPSA) is 17.1 Å². The molecule has 0 unspecified atom stereocenters. The normalized spacial score (nSPS) is 10.1. The monoisotopic (exact) mass is 232 g/mol. The highest BCUT2D eigenvalue weighted by molar-refractivity contribution is 9.10. The van der Waals surface area contributed by atoms with E-state index < -0.39 is 0 Å². The molecule has 0 amide bonds. The number of Topliss-reactive ketones (excluding diaryl/α,β-unsaturated/α-hetero) is 1. The zero-order valence-electron chi connectivity index (χ0n) is 6.48. The van der Waals surface area contributed by atoms with Crippen molar-refractivity contribution in [2.75, 3.05) is 0 Å². The van der Waals surface area contributed by atoms with Gasteiger partial charge in [-0.3, -0.25) is 4.79 Å². The van der Waals surface area contributed by atoms with Crippen molar-refractivity contribution in [2.24, 2.45) is 0 Å². The van der Waals surface area contributed by atoms with E-state index in [4.69, 9.17) is 0 Å². The van der Waals surface area contributed by atoms with Crippen LogP contribution in [-0.2, 0) is 6.42 Å². The van der Waals surface area contributed by atoms with Gasteiger partial charge in [0, 0.05) is 9.35 Å². The van der Waals surface area contributed by atoms with Gasteiger partial charge in [-0.2, -0.15) is 0 Å². The first-order valence-corrected chi connectivity index (χ1v) is 5.05. The number of hydrogen-bond donors (Lipinski definition) is 0. The number of rotatable bonds is 2. The van der Waals surface area contributed by atoms with E-state index in [2.05, 4.69) is 22.9 Å². The van der Waals surface area contributed by atoms with Gasteiger partial charge >= 0.3 is 0 Å². The Hall–Kier alpha value is -0.150. The van der Waals surface area contributed by atoms with Crippen LogP contribution in [0.3, 0.4) is 0 Å². The van der Waals surface area contributed by atoms with Crippen molar-refractivity contribution in [1.82, 2.24) is 0 Å². The smallest absolute Gasteiger partial charge is 0.169 e. The van der Waals surface area contributed by atoms with E-state index in [9.17, 15) is 4.79 Å². The summed E-state index contributed by atoms with van der Waals surface area (Å²) in [6, 6.07) is 1.89. The maximum Gasteiger partial charge on any atom is 0.169 e. The van der Waals surface area contributed by atoms with Crippen molar-refractivity contribution < 1.29 is 4.79 Å². The molecule has 0 radical (unpaired) electrons. The molecule has 0 aromatic carbocycles. The van der Waals surface area contributed by atoms with E-state index in [0.717, 1.165) is 15.8 Å². The fourth-order valence-electron chi connectivity index (χ4n) is 0.821. The second kappa shape index (κ2) is 3.50. The fourth-order valence-corrected chi connectivity index (χ4v) is 2.61. The van der Waals surface area contributed by atoms with Crippen molar-refractivity contribution in [3.05, 3.63) is 20.3 Å². The van der Waals surface area contributed by atoms with Gasteiger partial charge in [-0.05, 0) is 35.3 Å². The lowest BCUT2D eigenvalue weighted by Crippen LogP contribution is -1.83. The highest BCUT2D eigenvalue weighted by Crippen LogP contribution is 2.27. The second-order valence-corrected chi connectivity index (χ2v) is 4.28. The van der Waals surface area contributed by atoms with Crippen LogP contribution in [0.1, 0.15) is 28.4 Å². The molecule has 0 N–H and O–H groups in total. The molecular weight excluding hydrogens is 224 g/mol. The third-order valence-electron chi connectivity index (χ3n) is 1.43. The molecule has 0 saturated heterocycles. The van der Waals surface area contributed by atoms with Gasteiger partial charge in [0.05, 0.1) is 4.88 Å². The lowest BCUT2D eigenvalue weighted by molar-refractivity contribution is 0.102. The maximum absolute atomic E-state index is 10.9. The molecule has 0 bridgehead atoms. The molecule has 0 aliphatic carbocycles. The van der Waals surface area contributed by atoms with Crippen molar-refractivity contribution in [2.45, 2.75) is 20.3 Å². The Morgan fingerprint density at radius 3 is 2.64 bits per heavy atom. The minimum atomic E-state index is 0.149. The van der Waals surface area contributed by atoms with E-state index in [1.807, 2.05) is 6.07 Å². The number of aryl methyl sites for hydroxylation is 1. The van der Waals surface area contributed by atoms with E-state index in [1.54, 1.807) is 18.3 Å². The van der Waals surface area contributed by atoms with E-state index in [-0.39, 0.29) is 5.78 Å². The van der Waals surface area contributed by atoms with Crippen LogP contribution in [0.25, 0.3) is 0 Å². The summed E-state index contributed by atoms with van der Waals surface area (Å²) in [4.78, 5) is 13.0. The standard InChI is InChI=1S/C8H9BrOS/c1-3-7-6(9)4-8(11-7)5(2)10/h4H,3H2,1-2H3. The van der Waals surface area contributed by atoms with Crippen molar-refractivity contribution in [3.8, 4) is 0 Å². The van der Waals surface area contributed by atoms with Gasteiger partial charge in [-0.1, -0.05) is 6.92 Å². The van der Waals surface area contributed by atoms with Crippen LogP contribution < -0.4 is 0 Å². The summed E-state index contributed by atoms with van der Waals surface area (Å²) in [6.07, 6.45) is 0.985. The van der Waals surface area contributed by atoms with Gasteiger partial charge in [0.25, 0.3) is 0 Å². The van der Waals surface area contributed by atoms with E-state index >= 15 is 0 Å². The molecule has 0 aliphatic rings. The molecule has 1 aromatic heterocycles. The van der Waals surface area contributed by atoms with Crippen LogP contribution in [0.4, 0.5) is 0 Å². The third-order valence-corrected chi connectivity index (χ3v) is 3.78. The minimum Gasteiger partial charge on any atom is -0.294 e. The number of carbonyl (C=O) groups is 1.